The van der Waals surface area contributed by atoms with Crippen LogP contribution in [0.4, 0.5) is 0 Å². The predicted molar refractivity (Wildman–Crippen MR) is 119 cm³/mol. The Kier molecular flexibility index (Phi) is 4.17. The second-order valence-electron chi connectivity index (χ2n) is 9.43. The van der Waals surface area contributed by atoms with Crippen LogP contribution in [-0.2, 0) is 6.42 Å². The second-order valence-corrected chi connectivity index (χ2v) is 9.43. The molecule has 3 heterocycles. The van der Waals surface area contributed by atoms with E-state index in [0.29, 0.717) is 22.6 Å². The van der Waals surface area contributed by atoms with Crippen LogP contribution in [0.5, 0.6) is 23.0 Å². The minimum absolute atomic E-state index is 0.00583. The van der Waals surface area contributed by atoms with E-state index >= 15 is 0 Å². The molecule has 3 aromatic rings. The van der Waals surface area contributed by atoms with Gasteiger partial charge >= 0.3 is 0 Å². The van der Waals surface area contributed by atoms with E-state index < -0.39 is 22.7 Å². The van der Waals surface area contributed by atoms with Crippen molar-refractivity contribution in [1.82, 2.24) is 0 Å². The molecule has 0 amide bonds. The quantitative estimate of drug-likeness (QED) is 0.554. The maximum Gasteiger partial charge on any atom is 0.204 e. The van der Waals surface area contributed by atoms with Crippen LogP contribution in [-0.4, -0.2) is 32.6 Å². The number of fused-ring (bicyclic) bond motifs is 3. The lowest BCUT2D eigenvalue weighted by molar-refractivity contribution is -0.0229. The summed E-state index contributed by atoms with van der Waals surface area (Å²) < 4.78 is 17.3. The molecule has 0 aliphatic carbocycles. The van der Waals surface area contributed by atoms with Gasteiger partial charge in [0.05, 0.1) is 16.7 Å². The van der Waals surface area contributed by atoms with Gasteiger partial charge in [-0.25, -0.2) is 0 Å². The summed E-state index contributed by atoms with van der Waals surface area (Å²) in [5.74, 6) is 0.549. The maximum atomic E-state index is 13.4. The number of rotatable bonds is 2. The van der Waals surface area contributed by atoms with E-state index in [-0.39, 0.29) is 40.0 Å². The van der Waals surface area contributed by atoms with Crippen molar-refractivity contribution in [3.05, 3.63) is 51.9 Å². The third-order valence-electron chi connectivity index (χ3n) is 6.04. The standard InChI is InChI=1S/C25H24O7/c1-24(2)8-7-13-16(32-24)6-5-12(21(13)26)15-11-30-18-10-17-14(22(27)20(18)23(15)28)9-19(31-17)25(3,4)29/h5-8,10-11,19,26-27,29H,9H2,1-4H3. The maximum absolute atomic E-state index is 13.4. The number of ether oxygens (including phenoxy) is 2. The first-order valence-electron chi connectivity index (χ1n) is 10.4. The number of benzene rings is 2. The van der Waals surface area contributed by atoms with Gasteiger partial charge in [-0.2, -0.15) is 0 Å². The van der Waals surface area contributed by atoms with Crippen molar-refractivity contribution in [3.63, 3.8) is 0 Å². The molecule has 0 fully saturated rings. The monoisotopic (exact) mass is 436 g/mol. The van der Waals surface area contributed by atoms with Crippen molar-refractivity contribution in [2.24, 2.45) is 0 Å². The zero-order chi connectivity index (χ0) is 23.0. The Morgan fingerprint density at radius 2 is 1.84 bits per heavy atom. The highest BCUT2D eigenvalue weighted by Gasteiger charge is 2.37. The van der Waals surface area contributed by atoms with E-state index in [4.69, 9.17) is 13.9 Å². The van der Waals surface area contributed by atoms with Crippen molar-refractivity contribution in [1.29, 1.82) is 0 Å². The Balaban J connectivity index is 1.66. The zero-order valence-electron chi connectivity index (χ0n) is 18.2. The van der Waals surface area contributed by atoms with Crippen molar-refractivity contribution in [3.8, 4) is 34.1 Å². The molecule has 7 nitrogen and oxygen atoms in total. The van der Waals surface area contributed by atoms with Crippen molar-refractivity contribution in [2.45, 2.75) is 51.4 Å². The number of hydrogen-bond donors (Lipinski definition) is 3. The van der Waals surface area contributed by atoms with Gasteiger partial charge in [0.1, 0.15) is 51.9 Å². The van der Waals surface area contributed by atoms with Crippen molar-refractivity contribution < 1.29 is 29.2 Å². The molecule has 0 saturated heterocycles. The van der Waals surface area contributed by atoms with Gasteiger partial charge in [0.25, 0.3) is 0 Å². The lowest BCUT2D eigenvalue weighted by Gasteiger charge is -2.28. The minimum Gasteiger partial charge on any atom is -0.507 e. The minimum atomic E-state index is -1.13. The molecule has 0 bridgehead atoms. The molecule has 1 atom stereocenters. The Labute approximate surface area is 184 Å². The Hall–Kier alpha value is -3.45. The molecule has 0 radical (unpaired) electrons. The molecule has 2 aliphatic heterocycles. The predicted octanol–water partition coefficient (Wildman–Crippen LogP) is 4.13. The van der Waals surface area contributed by atoms with E-state index in [0.717, 1.165) is 0 Å². The summed E-state index contributed by atoms with van der Waals surface area (Å²) in [4.78, 5) is 13.4. The average molecular weight is 436 g/mol. The molecule has 7 heteroatoms. The van der Waals surface area contributed by atoms with E-state index in [9.17, 15) is 20.1 Å². The van der Waals surface area contributed by atoms with Crippen LogP contribution < -0.4 is 14.9 Å². The van der Waals surface area contributed by atoms with Crippen molar-refractivity contribution in [2.75, 3.05) is 0 Å². The molecule has 5 rings (SSSR count). The second kappa shape index (κ2) is 6.53. The highest BCUT2D eigenvalue weighted by atomic mass is 16.5. The summed E-state index contributed by atoms with van der Waals surface area (Å²) in [6.07, 6.45) is 4.55. The van der Waals surface area contributed by atoms with Gasteiger partial charge in [0, 0.05) is 23.6 Å². The third kappa shape index (κ3) is 3.04. The molecule has 1 aromatic heterocycles. The molecule has 2 aromatic carbocycles. The topological polar surface area (TPSA) is 109 Å². The van der Waals surface area contributed by atoms with Crippen molar-refractivity contribution >= 4 is 17.0 Å². The first-order valence-corrected chi connectivity index (χ1v) is 10.4. The first kappa shape index (κ1) is 20.5. The van der Waals surface area contributed by atoms with Gasteiger partial charge in [0.2, 0.25) is 5.43 Å². The smallest absolute Gasteiger partial charge is 0.204 e. The first-order chi connectivity index (χ1) is 15.0. The fourth-order valence-electron chi connectivity index (χ4n) is 4.21. The van der Waals surface area contributed by atoms with Gasteiger partial charge in [-0.05, 0) is 52.0 Å². The number of hydrogen-bond acceptors (Lipinski definition) is 7. The van der Waals surface area contributed by atoms with E-state index in [2.05, 4.69) is 0 Å². The molecule has 0 spiro atoms. The molecule has 3 N–H and O–H groups in total. The average Bonchev–Trinajstić information content (AvgIpc) is 3.13. The van der Waals surface area contributed by atoms with E-state index in [1.165, 1.54) is 6.26 Å². The number of aromatic hydroxyl groups is 2. The van der Waals surface area contributed by atoms with Crippen LogP contribution in [0.3, 0.4) is 0 Å². The van der Waals surface area contributed by atoms with Crippen LogP contribution in [0.25, 0.3) is 28.2 Å². The highest BCUT2D eigenvalue weighted by molar-refractivity contribution is 5.91. The highest BCUT2D eigenvalue weighted by Crippen LogP contribution is 2.44. The molecule has 0 saturated carbocycles. The van der Waals surface area contributed by atoms with Gasteiger partial charge in [-0.15, -0.1) is 0 Å². The number of phenolic OH excluding ortho intramolecular Hbond substituents is 2. The van der Waals surface area contributed by atoms with Gasteiger partial charge in [-0.3, -0.25) is 4.79 Å². The molecular formula is C25H24O7. The summed E-state index contributed by atoms with van der Waals surface area (Å²) in [6.45, 7) is 7.06. The lowest BCUT2D eigenvalue weighted by atomic mass is 9.95. The molecule has 166 valence electrons. The van der Waals surface area contributed by atoms with Gasteiger partial charge < -0.3 is 29.2 Å². The van der Waals surface area contributed by atoms with E-state index in [1.54, 1.807) is 38.1 Å². The fraction of sp³-hybridized carbons (Fsp3) is 0.320. The summed E-state index contributed by atoms with van der Waals surface area (Å²) in [7, 11) is 0. The van der Waals surface area contributed by atoms with Gasteiger partial charge in [0.15, 0.2) is 0 Å². The summed E-state index contributed by atoms with van der Waals surface area (Å²) in [5, 5.41) is 32.1. The summed E-state index contributed by atoms with van der Waals surface area (Å²) in [5.41, 5.74) is -0.633. The molecular weight excluding hydrogens is 412 g/mol. The molecule has 32 heavy (non-hydrogen) atoms. The third-order valence-corrected chi connectivity index (χ3v) is 6.04. The van der Waals surface area contributed by atoms with Crippen LogP contribution in [0.1, 0.15) is 38.8 Å². The van der Waals surface area contributed by atoms with Crippen LogP contribution in [0, 0.1) is 0 Å². The largest absolute Gasteiger partial charge is 0.507 e. The molecule has 1 unspecified atom stereocenters. The molecule has 2 aliphatic rings. The Bertz CT molecular complexity index is 1360. The SMILES string of the molecule is CC1(C)C=Cc2c(ccc(-c3coc4cc5c(c(O)c4c3=O)CC(C(C)(C)O)O5)c2O)O1. The fourth-order valence-corrected chi connectivity index (χ4v) is 4.21. The summed E-state index contributed by atoms with van der Waals surface area (Å²) in [6, 6.07) is 4.84. The Morgan fingerprint density at radius 3 is 2.56 bits per heavy atom. The number of phenols is 2. The number of aliphatic hydroxyl groups is 1. The Morgan fingerprint density at radius 1 is 1.09 bits per heavy atom. The lowest BCUT2D eigenvalue weighted by Crippen LogP contribution is -2.39. The van der Waals surface area contributed by atoms with Crippen LogP contribution in [0.2, 0.25) is 0 Å². The van der Waals surface area contributed by atoms with Gasteiger partial charge in [-0.1, -0.05) is 0 Å². The zero-order valence-corrected chi connectivity index (χ0v) is 18.2. The van der Waals surface area contributed by atoms with Crippen LogP contribution in [0.15, 0.2) is 39.7 Å². The summed E-state index contributed by atoms with van der Waals surface area (Å²) >= 11 is 0. The normalized spacial score (nSPS) is 18.7. The van der Waals surface area contributed by atoms with Crippen LogP contribution >= 0.6 is 0 Å². The van der Waals surface area contributed by atoms with E-state index in [1.807, 2.05) is 19.9 Å².